The maximum atomic E-state index is 12.3. The van der Waals surface area contributed by atoms with Crippen LogP contribution in [0.3, 0.4) is 0 Å². The lowest BCUT2D eigenvalue weighted by molar-refractivity contribution is -0.138. The van der Waals surface area contributed by atoms with E-state index in [1.807, 2.05) is 0 Å². The van der Waals surface area contributed by atoms with E-state index >= 15 is 0 Å². The molecule has 1 atom stereocenters. The molecule has 0 saturated carbocycles. The van der Waals surface area contributed by atoms with Crippen LogP contribution in [0.25, 0.3) is 11.3 Å². The van der Waals surface area contributed by atoms with Crippen molar-refractivity contribution < 1.29 is 19.1 Å². The predicted molar refractivity (Wildman–Crippen MR) is 88.5 cm³/mol. The van der Waals surface area contributed by atoms with Crippen molar-refractivity contribution >= 4 is 11.7 Å². The van der Waals surface area contributed by atoms with Gasteiger partial charge in [-0.25, -0.2) is 4.68 Å². The minimum Gasteiger partial charge on any atom is -0.454 e. The normalized spacial score (nSPS) is 13.4. The van der Waals surface area contributed by atoms with E-state index in [4.69, 9.17) is 9.47 Å². The Labute approximate surface area is 143 Å². The highest BCUT2D eigenvalue weighted by Gasteiger charge is 2.29. The molecule has 0 saturated heterocycles. The number of benzene rings is 1. The third-order valence-corrected chi connectivity index (χ3v) is 3.80. The Hall–Kier alpha value is -3.16. The lowest BCUT2D eigenvalue weighted by atomic mass is 10.1. The number of hydrogen-bond donors (Lipinski definition) is 0. The molecule has 0 N–H and O–H groups in total. The minimum absolute atomic E-state index is 0.148. The van der Waals surface area contributed by atoms with Gasteiger partial charge in [0.05, 0.1) is 5.69 Å². The molecule has 0 bridgehead atoms. The predicted octanol–water partition coefficient (Wildman–Crippen LogP) is 0.857. The molecular formula is C17H17N3O5. The molecule has 1 aromatic heterocycles. The fraction of sp³-hybridized carbons (Fsp3) is 0.294. The van der Waals surface area contributed by atoms with Crippen LogP contribution >= 0.6 is 0 Å². The second-order valence-corrected chi connectivity index (χ2v) is 5.82. The van der Waals surface area contributed by atoms with Gasteiger partial charge in [-0.15, -0.1) is 0 Å². The highest BCUT2D eigenvalue weighted by atomic mass is 16.7. The molecule has 8 nitrogen and oxygen atoms in total. The molecule has 8 heteroatoms. The van der Waals surface area contributed by atoms with Gasteiger partial charge in [0.1, 0.15) is 0 Å². The highest BCUT2D eigenvalue weighted by molar-refractivity contribution is 6.02. The van der Waals surface area contributed by atoms with Gasteiger partial charge in [0, 0.05) is 25.7 Å². The Morgan fingerprint density at radius 2 is 1.88 bits per heavy atom. The van der Waals surface area contributed by atoms with E-state index in [-0.39, 0.29) is 6.79 Å². The Morgan fingerprint density at radius 3 is 2.56 bits per heavy atom. The lowest BCUT2D eigenvalue weighted by Crippen LogP contribution is -2.41. The van der Waals surface area contributed by atoms with Crippen LogP contribution in [-0.4, -0.2) is 47.3 Å². The van der Waals surface area contributed by atoms with Crippen molar-refractivity contribution in [3.8, 4) is 22.8 Å². The van der Waals surface area contributed by atoms with E-state index in [1.54, 1.807) is 18.2 Å². The summed E-state index contributed by atoms with van der Waals surface area (Å²) in [7, 11) is 3.04. The Balaban J connectivity index is 2.07. The molecule has 1 aromatic carbocycles. The van der Waals surface area contributed by atoms with Gasteiger partial charge in [-0.3, -0.25) is 14.4 Å². The van der Waals surface area contributed by atoms with Crippen molar-refractivity contribution in [1.82, 2.24) is 14.7 Å². The molecule has 2 heterocycles. The zero-order valence-corrected chi connectivity index (χ0v) is 14.1. The molecule has 1 amide bonds. The number of nitrogens with zero attached hydrogens (tertiary/aromatic N) is 3. The molecule has 1 aliphatic heterocycles. The smallest absolute Gasteiger partial charge is 0.267 e. The Kier molecular flexibility index (Phi) is 4.26. The van der Waals surface area contributed by atoms with E-state index in [2.05, 4.69) is 5.10 Å². The summed E-state index contributed by atoms with van der Waals surface area (Å²) in [4.78, 5) is 37.7. The third kappa shape index (κ3) is 3.10. The lowest BCUT2D eigenvalue weighted by Gasteiger charge is -2.19. The number of rotatable bonds is 4. The fourth-order valence-electron chi connectivity index (χ4n) is 2.52. The number of carbonyl (C=O) groups excluding carboxylic acids is 2. The topological polar surface area (TPSA) is 90.7 Å². The summed E-state index contributed by atoms with van der Waals surface area (Å²) < 4.78 is 11.5. The Morgan fingerprint density at radius 1 is 1.16 bits per heavy atom. The average molecular weight is 343 g/mol. The fourth-order valence-corrected chi connectivity index (χ4v) is 2.52. The molecule has 3 rings (SSSR count). The molecule has 0 aliphatic carbocycles. The van der Waals surface area contributed by atoms with Crippen molar-refractivity contribution in [1.29, 1.82) is 0 Å². The molecule has 0 unspecified atom stereocenters. The summed E-state index contributed by atoms with van der Waals surface area (Å²) in [6.07, 6.45) is 0. The SMILES string of the molecule is CC(=O)[C@H](C(=O)N(C)C)n1nc(-c2ccc3c(c2)OCO3)ccc1=O. The maximum Gasteiger partial charge on any atom is 0.267 e. The van der Waals surface area contributed by atoms with Gasteiger partial charge < -0.3 is 14.4 Å². The van der Waals surface area contributed by atoms with Crippen LogP contribution in [-0.2, 0) is 9.59 Å². The van der Waals surface area contributed by atoms with Crippen LogP contribution in [0.2, 0.25) is 0 Å². The summed E-state index contributed by atoms with van der Waals surface area (Å²) in [6.45, 7) is 1.41. The summed E-state index contributed by atoms with van der Waals surface area (Å²) >= 11 is 0. The van der Waals surface area contributed by atoms with Crippen LogP contribution in [0.15, 0.2) is 35.1 Å². The van der Waals surface area contributed by atoms with Gasteiger partial charge in [0.2, 0.25) is 6.79 Å². The van der Waals surface area contributed by atoms with Gasteiger partial charge in [-0.05, 0) is 31.2 Å². The monoisotopic (exact) mass is 343 g/mol. The molecule has 2 aromatic rings. The van der Waals surface area contributed by atoms with Crippen LogP contribution in [0.1, 0.15) is 13.0 Å². The van der Waals surface area contributed by atoms with Crippen LogP contribution in [0.4, 0.5) is 0 Å². The third-order valence-electron chi connectivity index (χ3n) is 3.80. The number of carbonyl (C=O) groups is 2. The van der Waals surface area contributed by atoms with Crippen LogP contribution in [0.5, 0.6) is 11.5 Å². The van der Waals surface area contributed by atoms with Crippen molar-refractivity contribution in [2.75, 3.05) is 20.9 Å². The number of fused-ring (bicyclic) bond motifs is 1. The summed E-state index contributed by atoms with van der Waals surface area (Å²) in [5.74, 6) is 0.229. The zero-order chi connectivity index (χ0) is 18.1. The van der Waals surface area contributed by atoms with Gasteiger partial charge in [0.25, 0.3) is 11.5 Å². The second-order valence-electron chi connectivity index (χ2n) is 5.82. The first-order valence-electron chi connectivity index (χ1n) is 7.60. The van der Waals surface area contributed by atoms with Crippen molar-refractivity contribution in [3.63, 3.8) is 0 Å². The van der Waals surface area contributed by atoms with Gasteiger partial charge in [-0.2, -0.15) is 5.10 Å². The number of ketones is 1. The maximum absolute atomic E-state index is 12.3. The van der Waals surface area contributed by atoms with Crippen LogP contribution < -0.4 is 15.0 Å². The molecule has 130 valence electrons. The first-order valence-corrected chi connectivity index (χ1v) is 7.60. The van der Waals surface area contributed by atoms with Crippen molar-refractivity contribution in [2.45, 2.75) is 13.0 Å². The highest BCUT2D eigenvalue weighted by Crippen LogP contribution is 2.35. The summed E-state index contributed by atoms with van der Waals surface area (Å²) in [5, 5.41) is 4.23. The minimum atomic E-state index is -1.29. The Bertz CT molecular complexity index is 903. The standard InChI is InChI=1S/C17H17N3O5/c1-10(21)16(17(23)19(2)3)20-15(22)7-5-12(18-20)11-4-6-13-14(8-11)25-9-24-13/h4-8,16H,9H2,1-3H3/t16-/m1/s1. The molecule has 1 aliphatic rings. The number of Topliss-reactive ketones (excluding diaryl/α,β-unsaturated/α-hetero) is 1. The van der Waals surface area contributed by atoms with E-state index in [0.29, 0.717) is 22.8 Å². The summed E-state index contributed by atoms with van der Waals surface area (Å²) in [6, 6.07) is 6.76. The first kappa shape index (κ1) is 16.7. The second kappa shape index (κ2) is 6.39. The van der Waals surface area contributed by atoms with E-state index in [1.165, 1.54) is 38.1 Å². The number of aromatic nitrogens is 2. The van der Waals surface area contributed by atoms with E-state index in [0.717, 1.165) is 4.68 Å². The number of ether oxygens (including phenoxy) is 2. The zero-order valence-electron chi connectivity index (χ0n) is 14.1. The van der Waals surface area contributed by atoms with E-state index in [9.17, 15) is 14.4 Å². The number of hydrogen-bond acceptors (Lipinski definition) is 6. The molecule has 0 radical (unpaired) electrons. The summed E-state index contributed by atoms with van der Waals surface area (Å²) in [5.41, 5.74) is 0.591. The number of likely N-dealkylation sites (N-methyl/N-ethyl adjacent to an activating group) is 1. The molecule has 0 fully saturated rings. The number of amides is 1. The van der Waals surface area contributed by atoms with Gasteiger partial charge >= 0.3 is 0 Å². The van der Waals surface area contributed by atoms with Crippen molar-refractivity contribution in [2.24, 2.45) is 0 Å². The van der Waals surface area contributed by atoms with E-state index < -0.39 is 23.3 Å². The van der Waals surface area contributed by atoms with Gasteiger partial charge in [0.15, 0.2) is 23.3 Å². The average Bonchev–Trinajstić information content (AvgIpc) is 3.03. The van der Waals surface area contributed by atoms with Crippen molar-refractivity contribution in [3.05, 3.63) is 40.7 Å². The van der Waals surface area contributed by atoms with Gasteiger partial charge in [-0.1, -0.05) is 0 Å². The quantitative estimate of drug-likeness (QED) is 0.765. The largest absolute Gasteiger partial charge is 0.454 e. The molecular weight excluding hydrogens is 326 g/mol. The van der Waals surface area contributed by atoms with Crippen LogP contribution in [0, 0.1) is 0 Å². The molecule has 25 heavy (non-hydrogen) atoms. The first-order chi connectivity index (χ1) is 11.9. The molecule has 0 spiro atoms.